The van der Waals surface area contributed by atoms with Gasteiger partial charge in [-0.15, -0.1) is 11.6 Å². The first-order valence-corrected chi connectivity index (χ1v) is 10.5. The van der Waals surface area contributed by atoms with Crippen LogP contribution in [0.5, 0.6) is 0 Å². The second-order valence-corrected chi connectivity index (χ2v) is 8.14. The molecule has 0 N–H and O–H groups in total. The first kappa shape index (κ1) is 19.7. The third-order valence-corrected chi connectivity index (χ3v) is 5.51. The summed E-state index contributed by atoms with van der Waals surface area (Å²) in [6.45, 7) is 6.02. The molecule has 0 spiro atoms. The topological polar surface area (TPSA) is 60.2 Å². The molecule has 0 aliphatic carbocycles. The van der Waals surface area contributed by atoms with Crippen LogP contribution < -0.4 is 4.90 Å². The molecular formula is C22H25ClN4O2. The van der Waals surface area contributed by atoms with E-state index in [1.165, 1.54) is 0 Å². The Morgan fingerprint density at radius 2 is 1.90 bits per heavy atom. The van der Waals surface area contributed by atoms with Gasteiger partial charge in [-0.2, -0.15) is 5.10 Å². The van der Waals surface area contributed by atoms with Crippen LogP contribution in [0.25, 0.3) is 11.0 Å². The van der Waals surface area contributed by atoms with Crippen LogP contribution in [-0.4, -0.2) is 39.9 Å². The predicted molar refractivity (Wildman–Crippen MR) is 115 cm³/mol. The van der Waals surface area contributed by atoms with E-state index in [0.29, 0.717) is 12.1 Å². The lowest BCUT2D eigenvalue weighted by molar-refractivity contribution is 0.0378. The van der Waals surface area contributed by atoms with Gasteiger partial charge >= 0.3 is 5.97 Å². The number of anilines is 1. The Morgan fingerprint density at radius 1 is 1.17 bits per heavy atom. The summed E-state index contributed by atoms with van der Waals surface area (Å²) in [4.78, 5) is 19.5. The van der Waals surface area contributed by atoms with Gasteiger partial charge in [-0.1, -0.05) is 30.3 Å². The van der Waals surface area contributed by atoms with Crippen molar-refractivity contribution in [1.82, 2.24) is 14.8 Å². The minimum absolute atomic E-state index is 0.185. The van der Waals surface area contributed by atoms with Crippen LogP contribution in [0.4, 0.5) is 5.69 Å². The van der Waals surface area contributed by atoms with Crippen LogP contribution in [0.3, 0.4) is 0 Å². The van der Waals surface area contributed by atoms with Crippen molar-refractivity contribution in [1.29, 1.82) is 0 Å². The first-order valence-electron chi connectivity index (χ1n) is 10.0. The Bertz CT molecular complexity index is 997. The summed E-state index contributed by atoms with van der Waals surface area (Å²) in [6.07, 6.45) is 5.43. The molecule has 1 aliphatic heterocycles. The van der Waals surface area contributed by atoms with Crippen LogP contribution in [0, 0.1) is 0 Å². The highest BCUT2D eigenvalue weighted by Gasteiger charge is 2.26. The number of aromatic nitrogens is 3. The van der Waals surface area contributed by atoms with Crippen molar-refractivity contribution < 1.29 is 9.53 Å². The van der Waals surface area contributed by atoms with Crippen LogP contribution in [0.15, 0.2) is 42.7 Å². The lowest BCUT2D eigenvalue weighted by Gasteiger charge is -2.22. The molecule has 1 saturated heterocycles. The second kappa shape index (κ2) is 8.41. The van der Waals surface area contributed by atoms with Crippen LogP contribution in [-0.2, 0) is 11.3 Å². The number of alkyl halides is 1. The van der Waals surface area contributed by atoms with E-state index in [0.717, 1.165) is 48.2 Å². The minimum atomic E-state index is -0.344. The number of nitrogens with zero attached hydrogens (tertiary/aromatic N) is 4. The lowest BCUT2D eigenvalue weighted by Crippen LogP contribution is -2.23. The van der Waals surface area contributed by atoms with Crippen LogP contribution in [0.2, 0.25) is 0 Å². The van der Waals surface area contributed by atoms with Gasteiger partial charge in [0.05, 0.1) is 35.3 Å². The molecule has 1 aromatic carbocycles. The molecule has 3 aromatic rings. The largest absolute Gasteiger partial charge is 0.459 e. The average molecular weight is 413 g/mol. The monoisotopic (exact) mass is 412 g/mol. The Hall–Kier alpha value is -2.60. The molecule has 1 fully saturated rings. The van der Waals surface area contributed by atoms with Gasteiger partial charge < -0.3 is 9.64 Å². The number of hydrogen-bond acceptors (Lipinski definition) is 5. The Balaban J connectivity index is 1.73. The van der Waals surface area contributed by atoms with Crippen molar-refractivity contribution in [2.75, 3.05) is 18.0 Å². The van der Waals surface area contributed by atoms with E-state index < -0.39 is 0 Å². The van der Waals surface area contributed by atoms with Crippen molar-refractivity contribution in [3.05, 3.63) is 53.9 Å². The Morgan fingerprint density at radius 3 is 2.59 bits per heavy atom. The highest BCUT2D eigenvalue weighted by atomic mass is 35.5. The number of benzene rings is 1. The molecule has 1 unspecified atom stereocenters. The summed E-state index contributed by atoms with van der Waals surface area (Å²) in [5.74, 6) is -0.344. The highest BCUT2D eigenvalue weighted by molar-refractivity contribution is 6.20. The van der Waals surface area contributed by atoms with Gasteiger partial charge in [0.25, 0.3) is 0 Å². The summed E-state index contributed by atoms with van der Waals surface area (Å²) < 4.78 is 7.28. The van der Waals surface area contributed by atoms with E-state index in [9.17, 15) is 4.79 Å². The third-order valence-electron chi connectivity index (χ3n) is 5.12. The van der Waals surface area contributed by atoms with Crippen LogP contribution in [0.1, 0.15) is 48.0 Å². The molecule has 0 radical (unpaired) electrons. The molecule has 3 heterocycles. The molecule has 6 nitrogen and oxygen atoms in total. The summed E-state index contributed by atoms with van der Waals surface area (Å²) >= 11 is 6.63. The summed E-state index contributed by atoms with van der Waals surface area (Å²) in [6, 6.07) is 9.93. The van der Waals surface area contributed by atoms with E-state index in [2.05, 4.69) is 15.0 Å². The molecule has 4 rings (SSSR count). The van der Waals surface area contributed by atoms with Crippen molar-refractivity contribution >= 4 is 34.3 Å². The lowest BCUT2D eigenvalue weighted by atomic mass is 10.1. The first-order chi connectivity index (χ1) is 14.0. The van der Waals surface area contributed by atoms with Crippen LogP contribution >= 0.6 is 11.6 Å². The maximum absolute atomic E-state index is 12.7. The fraction of sp³-hybridized carbons (Fsp3) is 0.409. The van der Waals surface area contributed by atoms with Crippen molar-refractivity contribution in [3.63, 3.8) is 0 Å². The molecule has 0 amide bonds. The molecule has 0 bridgehead atoms. The fourth-order valence-corrected chi connectivity index (χ4v) is 4.05. The smallest absolute Gasteiger partial charge is 0.342 e. The van der Waals surface area contributed by atoms with Gasteiger partial charge in [0.2, 0.25) is 0 Å². The second-order valence-electron chi connectivity index (χ2n) is 7.61. The van der Waals surface area contributed by atoms with Gasteiger partial charge in [0.15, 0.2) is 5.65 Å². The number of rotatable bonds is 6. The maximum Gasteiger partial charge on any atom is 0.342 e. The van der Waals surface area contributed by atoms with Gasteiger partial charge in [0, 0.05) is 19.3 Å². The highest BCUT2D eigenvalue weighted by Crippen LogP contribution is 2.33. The third kappa shape index (κ3) is 4.08. The number of esters is 1. The quantitative estimate of drug-likeness (QED) is 0.438. The van der Waals surface area contributed by atoms with Crippen molar-refractivity contribution in [2.45, 2.75) is 44.7 Å². The zero-order valence-corrected chi connectivity index (χ0v) is 17.5. The van der Waals surface area contributed by atoms with E-state index in [1.807, 2.05) is 48.9 Å². The number of pyridine rings is 1. The molecular weight excluding hydrogens is 388 g/mol. The zero-order chi connectivity index (χ0) is 20.4. The van der Waals surface area contributed by atoms with E-state index in [4.69, 9.17) is 16.3 Å². The van der Waals surface area contributed by atoms with E-state index in [1.54, 1.807) is 12.4 Å². The molecule has 0 saturated carbocycles. The molecule has 1 aliphatic rings. The van der Waals surface area contributed by atoms with E-state index in [-0.39, 0.29) is 17.5 Å². The fourth-order valence-electron chi connectivity index (χ4n) is 3.78. The summed E-state index contributed by atoms with van der Waals surface area (Å²) in [7, 11) is 0. The summed E-state index contributed by atoms with van der Waals surface area (Å²) in [5, 5.41) is 5.19. The van der Waals surface area contributed by atoms with Gasteiger partial charge in [-0.25, -0.2) is 14.5 Å². The maximum atomic E-state index is 12.7. The molecule has 1 atom stereocenters. The normalized spacial score (nSPS) is 15.2. The molecule has 2 aromatic heterocycles. The Labute approximate surface area is 175 Å². The number of ether oxygens (including phenoxy) is 1. The molecule has 7 heteroatoms. The molecule has 152 valence electrons. The standard InChI is InChI=1S/C22H25ClN4O2/c1-15(2)29-22(28)18-12-24-21-17(20(18)26-10-6-7-11-26)13-25-27(21)14-19(23)16-8-4-3-5-9-16/h3-5,8-9,12-13,15,19H,6-7,10-11,14H2,1-2H3. The average Bonchev–Trinajstić information content (AvgIpc) is 3.38. The van der Waals surface area contributed by atoms with Crippen molar-refractivity contribution in [3.8, 4) is 0 Å². The number of halogens is 1. The predicted octanol–water partition coefficient (Wildman–Crippen LogP) is 4.58. The number of carbonyl (C=O) groups excluding carboxylic acids is 1. The number of fused-ring (bicyclic) bond motifs is 1. The SMILES string of the molecule is CC(C)OC(=O)c1cnc2c(cnn2CC(Cl)c2ccccc2)c1N1CCCC1. The van der Waals surface area contributed by atoms with Crippen molar-refractivity contribution in [2.24, 2.45) is 0 Å². The molecule has 29 heavy (non-hydrogen) atoms. The Kier molecular flexibility index (Phi) is 5.72. The summed E-state index contributed by atoms with van der Waals surface area (Å²) in [5.41, 5.74) is 3.14. The van der Waals surface area contributed by atoms with Gasteiger partial charge in [0.1, 0.15) is 5.56 Å². The minimum Gasteiger partial charge on any atom is -0.459 e. The van der Waals surface area contributed by atoms with E-state index >= 15 is 0 Å². The van der Waals surface area contributed by atoms with Gasteiger partial charge in [-0.05, 0) is 32.3 Å². The number of carbonyl (C=O) groups is 1. The van der Waals surface area contributed by atoms with Gasteiger partial charge in [-0.3, -0.25) is 0 Å². The number of hydrogen-bond donors (Lipinski definition) is 0. The zero-order valence-electron chi connectivity index (χ0n) is 16.7.